The van der Waals surface area contributed by atoms with E-state index in [4.69, 9.17) is 0 Å². The van der Waals surface area contributed by atoms with E-state index in [1.807, 2.05) is 19.3 Å². The zero-order chi connectivity index (χ0) is 18.1. The van der Waals surface area contributed by atoms with Gasteiger partial charge < -0.3 is 9.88 Å². The lowest BCUT2D eigenvalue weighted by atomic mass is 9.87. The lowest BCUT2D eigenvalue weighted by Crippen LogP contribution is -2.14. The minimum Gasteiger partial charge on any atom is -0.344 e. The predicted octanol–water partition coefficient (Wildman–Crippen LogP) is 5.45. The van der Waals surface area contributed by atoms with E-state index in [-0.39, 0.29) is 0 Å². The summed E-state index contributed by atoms with van der Waals surface area (Å²) >= 11 is 0. The highest BCUT2D eigenvalue weighted by Gasteiger charge is 2.17. The summed E-state index contributed by atoms with van der Waals surface area (Å²) in [6.07, 6.45) is 10.3. The van der Waals surface area contributed by atoms with Crippen LogP contribution < -0.4 is 5.32 Å². The SMILES string of the molecule is C=C(Nc1cc2cc(-c3cnc(C)n3C)ccc2cn1)C1CCCCC1. The summed E-state index contributed by atoms with van der Waals surface area (Å²) in [4.78, 5) is 8.98. The molecule has 0 unspecified atom stereocenters. The first kappa shape index (κ1) is 16.8. The van der Waals surface area contributed by atoms with Crippen LogP contribution in [0.25, 0.3) is 22.0 Å². The largest absolute Gasteiger partial charge is 0.344 e. The van der Waals surface area contributed by atoms with Gasteiger partial charge in [-0.05, 0) is 43.2 Å². The number of aryl methyl sites for hydroxylation is 1. The number of hydrogen-bond donors (Lipinski definition) is 1. The molecule has 0 saturated heterocycles. The second-order valence-corrected chi connectivity index (χ2v) is 7.37. The Morgan fingerprint density at radius 1 is 1.08 bits per heavy atom. The van der Waals surface area contributed by atoms with Crippen LogP contribution in [0.3, 0.4) is 0 Å². The first-order chi connectivity index (χ1) is 12.6. The van der Waals surface area contributed by atoms with Crippen LogP contribution in [0.1, 0.15) is 37.9 Å². The molecule has 1 fully saturated rings. The molecule has 1 aliphatic carbocycles. The predicted molar refractivity (Wildman–Crippen MR) is 108 cm³/mol. The molecule has 1 saturated carbocycles. The fraction of sp³-hybridized carbons (Fsp3) is 0.364. The summed E-state index contributed by atoms with van der Waals surface area (Å²) in [5.41, 5.74) is 3.40. The molecule has 0 amide bonds. The van der Waals surface area contributed by atoms with Crippen molar-refractivity contribution in [2.24, 2.45) is 13.0 Å². The van der Waals surface area contributed by atoms with Crippen LogP contribution in [0.4, 0.5) is 5.82 Å². The average Bonchev–Trinajstić information content (AvgIpc) is 3.00. The van der Waals surface area contributed by atoms with Crippen molar-refractivity contribution in [3.05, 3.63) is 54.8 Å². The molecule has 0 radical (unpaired) electrons. The Hall–Kier alpha value is -2.62. The Morgan fingerprint density at radius 3 is 2.62 bits per heavy atom. The van der Waals surface area contributed by atoms with Gasteiger partial charge in [0.05, 0.1) is 11.9 Å². The molecule has 4 nitrogen and oxygen atoms in total. The second-order valence-electron chi connectivity index (χ2n) is 7.37. The first-order valence-electron chi connectivity index (χ1n) is 9.46. The van der Waals surface area contributed by atoms with Gasteiger partial charge in [-0.2, -0.15) is 0 Å². The highest BCUT2D eigenvalue weighted by molar-refractivity contribution is 5.88. The highest BCUT2D eigenvalue weighted by Crippen LogP contribution is 2.30. The molecule has 0 aliphatic heterocycles. The third-order valence-electron chi connectivity index (χ3n) is 5.62. The molecule has 2 heterocycles. The van der Waals surface area contributed by atoms with Crippen LogP contribution in [-0.4, -0.2) is 14.5 Å². The Labute approximate surface area is 155 Å². The maximum Gasteiger partial charge on any atom is 0.130 e. The van der Waals surface area contributed by atoms with E-state index >= 15 is 0 Å². The Balaban J connectivity index is 1.61. The summed E-state index contributed by atoms with van der Waals surface area (Å²) < 4.78 is 2.12. The molecule has 2 aromatic heterocycles. The maximum absolute atomic E-state index is 4.58. The number of rotatable bonds is 4. The van der Waals surface area contributed by atoms with E-state index in [1.54, 1.807) is 0 Å². The van der Waals surface area contributed by atoms with Crippen molar-refractivity contribution in [1.29, 1.82) is 0 Å². The summed E-state index contributed by atoms with van der Waals surface area (Å²) in [6, 6.07) is 8.59. The van der Waals surface area contributed by atoms with Gasteiger partial charge in [0.15, 0.2) is 0 Å². The summed E-state index contributed by atoms with van der Waals surface area (Å²) in [5.74, 6) is 2.47. The molecule has 26 heavy (non-hydrogen) atoms. The molecule has 4 heteroatoms. The second kappa shape index (κ2) is 6.94. The van der Waals surface area contributed by atoms with Gasteiger partial charge in [0.1, 0.15) is 11.6 Å². The topological polar surface area (TPSA) is 42.7 Å². The van der Waals surface area contributed by atoms with Crippen LogP contribution in [0.15, 0.2) is 48.9 Å². The lowest BCUT2D eigenvalue weighted by Gasteiger charge is -2.24. The zero-order valence-corrected chi connectivity index (χ0v) is 15.6. The summed E-state index contributed by atoms with van der Waals surface area (Å²) in [6.45, 7) is 6.29. The molecule has 3 aromatic rings. The lowest BCUT2D eigenvalue weighted by molar-refractivity contribution is 0.405. The third-order valence-corrected chi connectivity index (χ3v) is 5.62. The van der Waals surface area contributed by atoms with Crippen molar-refractivity contribution in [3.8, 4) is 11.3 Å². The van der Waals surface area contributed by atoms with Crippen molar-refractivity contribution in [2.45, 2.75) is 39.0 Å². The van der Waals surface area contributed by atoms with Crippen LogP contribution in [-0.2, 0) is 7.05 Å². The summed E-state index contributed by atoms with van der Waals surface area (Å²) in [5, 5.41) is 5.77. The molecule has 4 rings (SSSR count). The van der Waals surface area contributed by atoms with Crippen LogP contribution in [0, 0.1) is 12.8 Å². The van der Waals surface area contributed by atoms with E-state index in [0.29, 0.717) is 5.92 Å². The zero-order valence-electron chi connectivity index (χ0n) is 15.6. The van der Waals surface area contributed by atoms with E-state index in [9.17, 15) is 0 Å². The number of benzene rings is 1. The van der Waals surface area contributed by atoms with E-state index in [0.717, 1.165) is 28.4 Å². The van der Waals surface area contributed by atoms with Crippen molar-refractivity contribution in [1.82, 2.24) is 14.5 Å². The van der Waals surface area contributed by atoms with E-state index in [2.05, 4.69) is 57.7 Å². The number of hydrogen-bond acceptors (Lipinski definition) is 3. The number of fused-ring (bicyclic) bond motifs is 1. The number of imidazole rings is 1. The van der Waals surface area contributed by atoms with E-state index < -0.39 is 0 Å². The molecular weight excluding hydrogens is 320 g/mol. The minimum atomic E-state index is 0.574. The number of aromatic nitrogens is 3. The van der Waals surface area contributed by atoms with Crippen molar-refractivity contribution >= 4 is 16.6 Å². The monoisotopic (exact) mass is 346 g/mol. The number of nitrogens with one attached hydrogen (secondary N) is 1. The molecule has 1 N–H and O–H groups in total. The van der Waals surface area contributed by atoms with Crippen molar-refractivity contribution in [2.75, 3.05) is 5.32 Å². The fourth-order valence-electron chi connectivity index (χ4n) is 3.86. The molecule has 0 bridgehead atoms. The van der Waals surface area contributed by atoms with Gasteiger partial charge in [-0.25, -0.2) is 9.97 Å². The molecule has 1 aromatic carbocycles. The van der Waals surface area contributed by atoms with Crippen molar-refractivity contribution in [3.63, 3.8) is 0 Å². The average molecular weight is 346 g/mol. The number of allylic oxidation sites excluding steroid dienone is 1. The van der Waals surface area contributed by atoms with Gasteiger partial charge in [0.25, 0.3) is 0 Å². The van der Waals surface area contributed by atoms with Crippen LogP contribution in [0.2, 0.25) is 0 Å². The Bertz CT molecular complexity index is 948. The normalized spacial score (nSPS) is 15.3. The van der Waals surface area contributed by atoms with Gasteiger partial charge in [0.2, 0.25) is 0 Å². The fourth-order valence-corrected chi connectivity index (χ4v) is 3.86. The molecule has 0 spiro atoms. The standard InChI is InChI=1S/C22H26N4/c1-15(17-7-5-4-6-8-17)25-22-12-20-11-18(9-10-19(20)13-24-22)21-14-23-16(2)26(21)3/h9-14,17H,1,4-8H2,2-3H3,(H,24,25). The maximum atomic E-state index is 4.58. The smallest absolute Gasteiger partial charge is 0.130 e. The Morgan fingerprint density at radius 2 is 1.88 bits per heavy atom. The van der Waals surface area contributed by atoms with Gasteiger partial charge in [-0.1, -0.05) is 38.0 Å². The number of pyridine rings is 1. The molecule has 1 aliphatic rings. The van der Waals surface area contributed by atoms with Crippen molar-refractivity contribution < 1.29 is 0 Å². The molecule has 0 atom stereocenters. The van der Waals surface area contributed by atoms with Gasteiger partial charge in [-0.3, -0.25) is 0 Å². The first-order valence-corrected chi connectivity index (χ1v) is 9.46. The number of anilines is 1. The van der Waals surface area contributed by atoms with Gasteiger partial charge in [-0.15, -0.1) is 0 Å². The molecular formula is C22H26N4. The van der Waals surface area contributed by atoms with Crippen LogP contribution in [0.5, 0.6) is 0 Å². The quantitative estimate of drug-likeness (QED) is 0.683. The number of nitrogens with zero attached hydrogens (tertiary/aromatic N) is 3. The van der Waals surface area contributed by atoms with Crippen LogP contribution >= 0.6 is 0 Å². The molecule has 134 valence electrons. The Kier molecular flexibility index (Phi) is 4.49. The van der Waals surface area contributed by atoms with E-state index in [1.165, 1.54) is 43.1 Å². The highest BCUT2D eigenvalue weighted by atomic mass is 15.0. The third kappa shape index (κ3) is 3.24. The summed E-state index contributed by atoms with van der Waals surface area (Å²) in [7, 11) is 2.05. The minimum absolute atomic E-state index is 0.574. The van der Waals surface area contributed by atoms with Gasteiger partial charge in [0, 0.05) is 29.9 Å². The van der Waals surface area contributed by atoms with Gasteiger partial charge >= 0.3 is 0 Å².